The summed E-state index contributed by atoms with van der Waals surface area (Å²) in [5, 5.41) is 0. The molecule has 0 heterocycles. The molecule has 2 aromatic rings. The van der Waals surface area contributed by atoms with Gasteiger partial charge in [-0.2, -0.15) is 0 Å². The normalized spacial score (nSPS) is 10.7. The standard InChI is InChI=1S/C18H18OS/c1-3-14-7-10-16(11-8-14)18(20)12-9-15-5-4-6-17(13-15)19-2/h4-13H,3H2,1-2H3. The van der Waals surface area contributed by atoms with E-state index in [9.17, 15) is 0 Å². The van der Waals surface area contributed by atoms with E-state index in [-0.39, 0.29) is 0 Å². The fourth-order valence-electron chi connectivity index (χ4n) is 1.92. The van der Waals surface area contributed by atoms with Crippen molar-refractivity contribution in [1.29, 1.82) is 0 Å². The van der Waals surface area contributed by atoms with Crippen molar-refractivity contribution in [2.45, 2.75) is 13.3 Å². The fourth-order valence-corrected chi connectivity index (χ4v) is 2.12. The van der Waals surface area contributed by atoms with Crippen LogP contribution in [0.15, 0.2) is 54.6 Å². The van der Waals surface area contributed by atoms with Crippen LogP contribution in [0.2, 0.25) is 0 Å². The lowest BCUT2D eigenvalue weighted by Gasteiger charge is -2.02. The molecule has 0 atom stereocenters. The van der Waals surface area contributed by atoms with E-state index in [4.69, 9.17) is 17.0 Å². The van der Waals surface area contributed by atoms with E-state index in [1.54, 1.807) is 7.11 Å². The second kappa shape index (κ2) is 7.01. The van der Waals surface area contributed by atoms with Crippen LogP contribution in [0.4, 0.5) is 0 Å². The van der Waals surface area contributed by atoms with Crippen LogP contribution in [0.25, 0.3) is 6.08 Å². The number of aryl methyl sites for hydroxylation is 1. The lowest BCUT2D eigenvalue weighted by Crippen LogP contribution is -1.92. The van der Waals surface area contributed by atoms with E-state index < -0.39 is 0 Å². The molecule has 0 spiro atoms. The molecule has 0 aromatic heterocycles. The lowest BCUT2D eigenvalue weighted by molar-refractivity contribution is 0.414. The predicted molar refractivity (Wildman–Crippen MR) is 89.5 cm³/mol. The molecule has 0 bridgehead atoms. The molecule has 2 aromatic carbocycles. The van der Waals surface area contributed by atoms with Gasteiger partial charge in [-0.3, -0.25) is 0 Å². The Kier molecular flexibility index (Phi) is 5.08. The molecular weight excluding hydrogens is 264 g/mol. The number of hydrogen-bond donors (Lipinski definition) is 0. The molecule has 0 saturated carbocycles. The maximum atomic E-state index is 5.44. The third-order valence-corrected chi connectivity index (χ3v) is 3.54. The van der Waals surface area contributed by atoms with Crippen molar-refractivity contribution >= 4 is 23.2 Å². The van der Waals surface area contributed by atoms with Crippen LogP contribution >= 0.6 is 12.2 Å². The molecule has 0 unspecified atom stereocenters. The first-order chi connectivity index (χ1) is 9.72. The number of allylic oxidation sites excluding steroid dienone is 1. The largest absolute Gasteiger partial charge is 0.497 e. The highest BCUT2D eigenvalue weighted by Gasteiger charge is 1.98. The highest BCUT2D eigenvalue weighted by molar-refractivity contribution is 7.81. The van der Waals surface area contributed by atoms with Gasteiger partial charge in [0.15, 0.2) is 0 Å². The van der Waals surface area contributed by atoms with E-state index in [2.05, 4.69) is 31.2 Å². The van der Waals surface area contributed by atoms with E-state index >= 15 is 0 Å². The Morgan fingerprint density at radius 1 is 1.15 bits per heavy atom. The number of thiocarbonyl (C=S) groups is 1. The second-order valence-corrected chi connectivity index (χ2v) is 4.96. The maximum absolute atomic E-state index is 5.44. The van der Waals surface area contributed by atoms with Crippen molar-refractivity contribution in [1.82, 2.24) is 0 Å². The summed E-state index contributed by atoms with van der Waals surface area (Å²) < 4.78 is 5.21. The molecule has 0 aliphatic rings. The van der Waals surface area contributed by atoms with Gasteiger partial charge in [0.25, 0.3) is 0 Å². The van der Waals surface area contributed by atoms with Gasteiger partial charge in [-0.05, 0) is 41.3 Å². The van der Waals surface area contributed by atoms with Crippen LogP contribution in [-0.4, -0.2) is 12.0 Å². The molecule has 0 radical (unpaired) electrons. The van der Waals surface area contributed by atoms with Gasteiger partial charge in [0.1, 0.15) is 5.75 Å². The van der Waals surface area contributed by atoms with E-state index in [1.807, 2.05) is 36.4 Å². The minimum absolute atomic E-state index is 0.843. The van der Waals surface area contributed by atoms with Crippen molar-refractivity contribution in [2.24, 2.45) is 0 Å². The summed E-state index contributed by atoms with van der Waals surface area (Å²) in [7, 11) is 1.67. The number of hydrogen-bond acceptors (Lipinski definition) is 2. The molecule has 2 rings (SSSR count). The highest BCUT2D eigenvalue weighted by atomic mass is 32.1. The molecule has 2 heteroatoms. The first-order valence-corrected chi connectivity index (χ1v) is 7.09. The maximum Gasteiger partial charge on any atom is 0.119 e. The Morgan fingerprint density at radius 2 is 1.90 bits per heavy atom. The summed E-state index contributed by atoms with van der Waals surface area (Å²) in [6.07, 6.45) is 5.02. The summed E-state index contributed by atoms with van der Waals surface area (Å²) in [6.45, 7) is 2.15. The van der Waals surface area contributed by atoms with Gasteiger partial charge in [-0.15, -0.1) is 0 Å². The van der Waals surface area contributed by atoms with Crippen molar-refractivity contribution in [3.8, 4) is 5.75 Å². The van der Waals surface area contributed by atoms with E-state index in [0.717, 1.165) is 28.2 Å². The summed E-state index contributed by atoms with van der Waals surface area (Å²) >= 11 is 5.44. The Hall–Kier alpha value is -1.93. The fraction of sp³-hybridized carbons (Fsp3) is 0.167. The lowest BCUT2D eigenvalue weighted by atomic mass is 10.1. The number of methoxy groups -OCH3 is 1. The summed E-state index contributed by atoms with van der Waals surface area (Å²) in [5.74, 6) is 0.852. The molecule has 0 amide bonds. The molecule has 0 saturated heterocycles. The van der Waals surface area contributed by atoms with Crippen LogP contribution in [0, 0.1) is 0 Å². The second-order valence-electron chi connectivity index (χ2n) is 4.52. The Bertz CT molecular complexity index is 612. The quantitative estimate of drug-likeness (QED) is 0.447. The average Bonchev–Trinajstić information content (AvgIpc) is 2.53. The molecule has 0 fully saturated rings. The van der Waals surface area contributed by atoms with Crippen molar-refractivity contribution in [3.63, 3.8) is 0 Å². The molecular formula is C18H18OS. The Balaban J connectivity index is 2.11. The molecule has 1 nitrogen and oxygen atoms in total. The van der Waals surface area contributed by atoms with Crippen LogP contribution in [-0.2, 0) is 6.42 Å². The topological polar surface area (TPSA) is 9.23 Å². The zero-order valence-corrected chi connectivity index (χ0v) is 12.6. The number of rotatable bonds is 5. The average molecular weight is 282 g/mol. The van der Waals surface area contributed by atoms with Gasteiger partial charge in [0, 0.05) is 4.86 Å². The third-order valence-electron chi connectivity index (χ3n) is 3.17. The van der Waals surface area contributed by atoms with E-state index in [1.165, 1.54) is 5.56 Å². The van der Waals surface area contributed by atoms with Crippen molar-refractivity contribution in [3.05, 3.63) is 71.3 Å². The number of ether oxygens (including phenoxy) is 1. The van der Waals surface area contributed by atoms with E-state index in [0.29, 0.717) is 0 Å². The summed E-state index contributed by atoms with van der Waals surface area (Å²) in [6, 6.07) is 16.3. The SMILES string of the molecule is CCc1ccc(C(=S)C=Cc2cccc(OC)c2)cc1. The van der Waals surface area contributed by atoms with Gasteiger partial charge in [0.05, 0.1) is 7.11 Å². The van der Waals surface area contributed by atoms with Gasteiger partial charge in [0.2, 0.25) is 0 Å². The minimum Gasteiger partial charge on any atom is -0.497 e. The van der Waals surface area contributed by atoms with Crippen LogP contribution < -0.4 is 4.74 Å². The summed E-state index contributed by atoms with van der Waals surface area (Å²) in [4.78, 5) is 0.843. The molecule has 102 valence electrons. The van der Waals surface area contributed by atoms with Gasteiger partial charge >= 0.3 is 0 Å². The zero-order chi connectivity index (χ0) is 14.4. The van der Waals surface area contributed by atoms with Crippen LogP contribution in [0.5, 0.6) is 5.75 Å². The first kappa shape index (κ1) is 14.5. The van der Waals surface area contributed by atoms with Crippen molar-refractivity contribution in [2.75, 3.05) is 7.11 Å². The Labute approximate surface area is 125 Å². The zero-order valence-electron chi connectivity index (χ0n) is 11.8. The molecule has 0 aliphatic carbocycles. The van der Waals surface area contributed by atoms with Crippen LogP contribution in [0.1, 0.15) is 23.6 Å². The Morgan fingerprint density at radius 3 is 2.55 bits per heavy atom. The molecule has 20 heavy (non-hydrogen) atoms. The monoisotopic (exact) mass is 282 g/mol. The van der Waals surface area contributed by atoms with Gasteiger partial charge < -0.3 is 4.74 Å². The minimum atomic E-state index is 0.843. The van der Waals surface area contributed by atoms with Gasteiger partial charge in [-0.1, -0.05) is 61.6 Å². The molecule has 0 N–H and O–H groups in total. The smallest absolute Gasteiger partial charge is 0.119 e. The highest BCUT2D eigenvalue weighted by Crippen LogP contribution is 2.14. The predicted octanol–water partition coefficient (Wildman–Crippen LogP) is 4.69. The summed E-state index contributed by atoms with van der Waals surface area (Å²) in [5.41, 5.74) is 3.49. The van der Waals surface area contributed by atoms with Crippen molar-refractivity contribution < 1.29 is 4.74 Å². The van der Waals surface area contributed by atoms with Gasteiger partial charge in [-0.25, -0.2) is 0 Å². The molecule has 0 aliphatic heterocycles. The third kappa shape index (κ3) is 3.78. The first-order valence-electron chi connectivity index (χ1n) is 6.68. The van der Waals surface area contributed by atoms with Crippen LogP contribution in [0.3, 0.4) is 0 Å². The number of benzene rings is 2.